The van der Waals surface area contributed by atoms with Gasteiger partial charge in [-0.25, -0.2) is 0 Å². The van der Waals surface area contributed by atoms with E-state index in [1.54, 1.807) is 0 Å². The number of hydrogen-bond acceptors (Lipinski definition) is 3. The fourth-order valence-corrected chi connectivity index (χ4v) is 5.43. The smallest absolute Gasteiger partial charge is 0.457 e. The molecule has 3 aromatic rings. The number of likely N-dealkylation sites (tertiary alicyclic amines) is 1. The first-order valence-corrected chi connectivity index (χ1v) is 11.9. The number of fused-ring (bicyclic) bond motifs is 2. The van der Waals surface area contributed by atoms with Crippen molar-refractivity contribution in [3.05, 3.63) is 83.4 Å². The molecule has 36 heavy (non-hydrogen) atoms. The number of hydrogen-bond donors (Lipinski definition) is 1. The predicted molar refractivity (Wildman–Crippen MR) is 128 cm³/mol. The molecule has 5 nitrogen and oxygen atoms in total. The van der Waals surface area contributed by atoms with Crippen LogP contribution in [0.25, 0.3) is 11.1 Å². The van der Waals surface area contributed by atoms with Gasteiger partial charge in [0.05, 0.1) is 6.42 Å². The summed E-state index contributed by atoms with van der Waals surface area (Å²) < 4.78 is 45.0. The molecule has 2 aliphatic rings. The molecule has 2 heterocycles. The standard InChI is InChI=1S/C28H25F3N2O3/c29-28(30,31)27(35)33-13-11-17(12-14-33)26-21-7-3-4-8-23(21)36-24-15-19(9-10-22(24)26)20-6-2-1-5-18(20)16-25(32)34/h1-10,15,17,26H,11-14,16H2,(H2,32,34). The van der Waals surface area contributed by atoms with Gasteiger partial charge < -0.3 is 15.4 Å². The van der Waals surface area contributed by atoms with Gasteiger partial charge >= 0.3 is 12.1 Å². The second-order valence-corrected chi connectivity index (χ2v) is 9.30. The lowest BCUT2D eigenvalue weighted by Crippen LogP contribution is -2.46. The van der Waals surface area contributed by atoms with Crippen LogP contribution in [0.15, 0.2) is 66.7 Å². The summed E-state index contributed by atoms with van der Waals surface area (Å²) in [5.41, 5.74) is 9.98. The Morgan fingerprint density at radius 2 is 1.58 bits per heavy atom. The monoisotopic (exact) mass is 494 g/mol. The van der Waals surface area contributed by atoms with E-state index in [1.165, 1.54) is 0 Å². The molecule has 1 fully saturated rings. The van der Waals surface area contributed by atoms with Crippen molar-refractivity contribution in [3.8, 4) is 22.6 Å². The Bertz CT molecular complexity index is 1310. The van der Waals surface area contributed by atoms with Crippen LogP contribution in [-0.2, 0) is 16.0 Å². The molecule has 5 rings (SSSR count). The molecular formula is C28H25F3N2O3. The van der Waals surface area contributed by atoms with Gasteiger partial charge in [-0.3, -0.25) is 9.59 Å². The van der Waals surface area contributed by atoms with E-state index in [9.17, 15) is 22.8 Å². The highest BCUT2D eigenvalue weighted by molar-refractivity contribution is 5.82. The molecule has 1 unspecified atom stereocenters. The third-order valence-corrected chi connectivity index (χ3v) is 7.06. The molecule has 0 aromatic heterocycles. The molecule has 0 saturated carbocycles. The minimum absolute atomic E-state index is 0.0547. The number of carbonyl (C=O) groups excluding carboxylic acids is 2. The predicted octanol–water partition coefficient (Wildman–Crippen LogP) is 5.42. The van der Waals surface area contributed by atoms with Crippen LogP contribution >= 0.6 is 0 Å². The Balaban J connectivity index is 1.48. The Morgan fingerprint density at radius 1 is 0.917 bits per heavy atom. The number of alkyl halides is 3. The summed E-state index contributed by atoms with van der Waals surface area (Å²) in [5, 5.41) is 0. The van der Waals surface area contributed by atoms with E-state index in [1.807, 2.05) is 66.7 Å². The van der Waals surface area contributed by atoms with Crippen molar-refractivity contribution in [1.29, 1.82) is 0 Å². The molecule has 0 spiro atoms. The molecule has 2 amide bonds. The van der Waals surface area contributed by atoms with E-state index in [-0.39, 0.29) is 31.3 Å². The lowest BCUT2D eigenvalue weighted by Gasteiger charge is -2.39. The van der Waals surface area contributed by atoms with Crippen LogP contribution in [0.2, 0.25) is 0 Å². The lowest BCUT2D eigenvalue weighted by atomic mass is 9.74. The first-order valence-electron chi connectivity index (χ1n) is 11.9. The van der Waals surface area contributed by atoms with Gasteiger partial charge in [0.15, 0.2) is 0 Å². The maximum atomic E-state index is 12.9. The second kappa shape index (κ2) is 9.33. The van der Waals surface area contributed by atoms with E-state index in [2.05, 4.69) is 0 Å². The SMILES string of the molecule is NC(=O)Cc1ccccc1-c1ccc2c(c1)Oc1ccccc1C2C1CCN(C(=O)C(F)(F)F)CC1. The van der Waals surface area contributed by atoms with Gasteiger partial charge in [-0.05, 0) is 47.6 Å². The fourth-order valence-electron chi connectivity index (χ4n) is 5.43. The van der Waals surface area contributed by atoms with Gasteiger partial charge in [0.1, 0.15) is 11.5 Å². The Kier molecular flexibility index (Phi) is 6.20. The number of carbonyl (C=O) groups is 2. The number of para-hydroxylation sites is 1. The lowest BCUT2D eigenvalue weighted by molar-refractivity contribution is -0.186. The van der Waals surface area contributed by atoms with E-state index < -0.39 is 18.0 Å². The molecular weight excluding hydrogens is 469 g/mol. The van der Waals surface area contributed by atoms with Crippen LogP contribution in [-0.4, -0.2) is 36.0 Å². The van der Waals surface area contributed by atoms with E-state index >= 15 is 0 Å². The number of halogens is 3. The largest absolute Gasteiger partial charge is 0.471 e. The van der Waals surface area contributed by atoms with Gasteiger partial charge in [0, 0.05) is 30.1 Å². The van der Waals surface area contributed by atoms with Crippen LogP contribution in [0.5, 0.6) is 11.5 Å². The molecule has 0 aliphatic carbocycles. The third kappa shape index (κ3) is 4.55. The quantitative estimate of drug-likeness (QED) is 0.527. The molecule has 2 aliphatic heterocycles. The maximum absolute atomic E-state index is 12.9. The van der Waals surface area contributed by atoms with Crippen molar-refractivity contribution in [2.45, 2.75) is 31.4 Å². The number of amides is 2. The van der Waals surface area contributed by atoms with Gasteiger partial charge in [-0.1, -0.05) is 54.6 Å². The normalized spacial score (nSPS) is 17.6. The minimum atomic E-state index is -4.86. The molecule has 1 atom stereocenters. The number of nitrogens with zero attached hydrogens (tertiary/aromatic N) is 1. The zero-order valence-electron chi connectivity index (χ0n) is 19.4. The molecule has 3 aromatic carbocycles. The van der Waals surface area contributed by atoms with Crippen molar-refractivity contribution in [1.82, 2.24) is 4.90 Å². The molecule has 0 bridgehead atoms. The molecule has 8 heteroatoms. The average Bonchev–Trinajstić information content (AvgIpc) is 2.86. The van der Waals surface area contributed by atoms with Crippen LogP contribution < -0.4 is 10.5 Å². The van der Waals surface area contributed by atoms with Crippen molar-refractivity contribution in [3.63, 3.8) is 0 Å². The summed E-state index contributed by atoms with van der Waals surface area (Å²) >= 11 is 0. The van der Waals surface area contributed by atoms with Crippen molar-refractivity contribution in [2.24, 2.45) is 11.7 Å². The highest BCUT2D eigenvalue weighted by Crippen LogP contribution is 2.50. The van der Waals surface area contributed by atoms with Gasteiger partial charge in [-0.15, -0.1) is 0 Å². The number of benzene rings is 3. The number of rotatable bonds is 4. The maximum Gasteiger partial charge on any atom is 0.471 e. The van der Waals surface area contributed by atoms with Gasteiger partial charge in [-0.2, -0.15) is 13.2 Å². The number of nitrogens with two attached hydrogens (primary N) is 1. The summed E-state index contributed by atoms with van der Waals surface area (Å²) in [6.07, 6.45) is -3.81. The Hall–Kier alpha value is -3.81. The third-order valence-electron chi connectivity index (χ3n) is 7.06. The second-order valence-electron chi connectivity index (χ2n) is 9.30. The molecule has 2 N–H and O–H groups in total. The number of primary amides is 1. The van der Waals surface area contributed by atoms with Gasteiger partial charge in [0.25, 0.3) is 0 Å². The van der Waals surface area contributed by atoms with E-state index in [0.29, 0.717) is 24.3 Å². The topological polar surface area (TPSA) is 72.6 Å². The van der Waals surface area contributed by atoms with Crippen LogP contribution in [0, 0.1) is 5.92 Å². The van der Waals surface area contributed by atoms with Crippen molar-refractivity contribution in [2.75, 3.05) is 13.1 Å². The van der Waals surface area contributed by atoms with E-state index in [4.69, 9.17) is 10.5 Å². The first kappa shape index (κ1) is 23.9. The summed E-state index contributed by atoms with van der Waals surface area (Å²) in [6.45, 7) is 0.132. The highest BCUT2D eigenvalue weighted by atomic mass is 19.4. The average molecular weight is 495 g/mol. The summed E-state index contributed by atoms with van der Waals surface area (Å²) in [4.78, 5) is 24.2. The minimum Gasteiger partial charge on any atom is -0.457 e. The molecule has 186 valence electrons. The van der Waals surface area contributed by atoms with Crippen molar-refractivity contribution >= 4 is 11.8 Å². The summed E-state index contributed by atoms with van der Waals surface area (Å²) in [7, 11) is 0. The molecule has 0 radical (unpaired) electrons. The van der Waals surface area contributed by atoms with Gasteiger partial charge in [0.2, 0.25) is 5.91 Å². The van der Waals surface area contributed by atoms with Crippen molar-refractivity contribution < 1.29 is 27.5 Å². The first-order chi connectivity index (χ1) is 17.2. The van der Waals surface area contributed by atoms with E-state index in [0.717, 1.165) is 32.7 Å². The summed E-state index contributed by atoms with van der Waals surface area (Å²) in [5.74, 6) is -0.804. The van der Waals surface area contributed by atoms with Crippen LogP contribution in [0.1, 0.15) is 35.4 Å². The number of piperidine rings is 1. The zero-order valence-corrected chi connectivity index (χ0v) is 19.4. The number of ether oxygens (including phenoxy) is 1. The highest BCUT2D eigenvalue weighted by Gasteiger charge is 2.44. The Labute approximate surface area is 206 Å². The van der Waals surface area contributed by atoms with Crippen LogP contribution in [0.3, 0.4) is 0 Å². The molecule has 1 saturated heterocycles. The van der Waals surface area contributed by atoms with Crippen LogP contribution in [0.4, 0.5) is 13.2 Å². The Morgan fingerprint density at radius 3 is 2.31 bits per heavy atom. The zero-order chi connectivity index (χ0) is 25.4. The summed E-state index contributed by atoms with van der Waals surface area (Å²) in [6, 6.07) is 21.2. The fraction of sp³-hybridized carbons (Fsp3) is 0.286.